The van der Waals surface area contributed by atoms with Crippen LogP contribution in [0.4, 0.5) is 0 Å². The van der Waals surface area contributed by atoms with Gasteiger partial charge in [0.25, 0.3) is 0 Å². The zero-order valence-corrected chi connectivity index (χ0v) is 38.3. The van der Waals surface area contributed by atoms with Crippen molar-refractivity contribution < 1.29 is 47.8 Å². The molecule has 11 nitrogen and oxygen atoms in total. The van der Waals surface area contributed by atoms with Crippen LogP contribution in [0.1, 0.15) is 245 Å². The van der Waals surface area contributed by atoms with Gasteiger partial charge in [-0.05, 0) is 12.8 Å². The molecule has 0 saturated heterocycles. The summed E-state index contributed by atoms with van der Waals surface area (Å²) in [5, 5.41) is 21.9. The van der Waals surface area contributed by atoms with E-state index >= 15 is 0 Å². The number of carbonyl (C=O) groups is 3. The van der Waals surface area contributed by atoms with Crippen molar-refractivity contribution in [3.8, 4) is 0 Å². The third kappa shape index (κ3) is 41.2. The lowest BCUT2D eigenvalue weighted by Crippen LogP contribution is -2.43. The molecule has 58 heavy (non-hydrogen) atoms. The largest absolute Gasteiger partial charge is 0.480 e. The number of nitrogens with one attached hydrogen (secondary N) is 1. The van der Waals surface area contributed by atoms with Gasteiger partial charge in [-0.1, -0.05) is 219 Å². The second kappa shape index (κ2) is 42.2. The Morgan fingerprint density at radius 3 is 1.14 bits per heavy atom. The number of carboxylic acids is 1. The maximum Gasteiger partial charge on any atom is 0.472 e. The number of aliphatic carboxylic acids is 1. The summed E-state index contributed by atoms with van der Waals surface area (Å²) >= 11 is 0. The van der Waals surface area contributed by atoms with E-state index in [1.807, 2.05) is 0 Å². The van der Waals surface area contributed by atoms with Gasteiger partial charge in [0.1, 0.15) is 12.7 Å². The number of carboxylic acid groups (broad SMARTS) is 1. The molecule has 0 fully saturated rings. The highest BCUT2D eigenvalue weighted by atomic mass is 31.2. The Morgan fingerprint density at radius 1 is 0.483 bits per heavy atom. The predicted octanol–water partition coefficient (Wildman–Crippen LogP) is 12.7. The third-order valence-electron chi connectivity index (χ3n) is 10.9. The number of aliphatic hydroxyl groups is 1. The molecule has 12 heteroatoms. The number of hydrogen-bond donors (Lipinski definition) is 4. The highest BCUT2D eigenvalue weighted by Crippen LogP contribution is 2.43. The minimum absolute atomic E-state index is 0.153. The van der Waals surface area contributed by atoms with Crippen LogP contribution < -0.4 is 5.32 Å². The van der Waals surface area contributed by atoms with E-state index in [0.29, 0.717) is 12.8 Å². The van der Waals surface area contributed by atoms with Crippen LogP contribution in [0.25, 0.3) is 0 Å². The zero-order chi connectivity index (χ0) is 42.8. The number of rotatable bonds is 46. The van der Waals surface area contributed by atoms with Crippen molar-refractivity contribution in [2.75, 3.05) is 19.8 Å². The topological polar surface area (TPSA) is 169 Å². The summed E-state index contributed by atoms with van der Waals surface area (Å²) in [5.74, 6) is -2.35. The molecule has 0 radical (unpaired) electrons. The van der Waals surface area contributed by atoms with Gasteiger partial charge in [-0.15, -0.1) is 0 Å². The number of esters is 1. The summed E-state index contributed by atoms with van der Waals surface area (Å²) in [4.78, 5) is 46.0. The van der Waals surface area contributed by atoms with E-state index in [0.717, 1.165) is 38.5 Å². The maximum atomic E-state index is 12.3. The number of unbranched alkanes of at least 4 members (excludes halogenated alkanes) is 32. The van der Waals surface area contributed by atoms with Crippen molar-refractivity contribution >= 4 is 25.7 Å². The second-order valence-electron chi connectivity index (χ2n) is 16.7. The highest BCUT2D eigenvalue weighted by molar-refractivity contribution is 7.47. The normalized spacial score (nSPS) is 13.6. The molecule has 0 heterocycles. The molecule has 0 saturated carbocycles. The molecule has 4 N–H and O–H groups in total. The fourth-order valence-electron chi connectivity index (χ4n) is 7.14. The fourth-order valence-corrected chi connectivity index (χ4v) is 7.91. The van der Waals surface area contributed by atoms with E-state index in [1.54, 1.807) is 0 Å². The molecule has 0 aliphatic heterocycles. The molecule has 3 atom stereocenters. The average Bonchev–Trinajstić information content (AvgIpc) is 3.20. The van der Waals surface area contributed by atoms with Crippen molar-refractivity contribution in [1.29, 1.82) is 0 Å². The van der Waals surface area contributed by atoms with E-state index in [-0.39, 0.29) is 12.8 Å². The van der Waals surface area contributed by atoms with Crippen molar-refractivity contribution in [2.24, 2.45) is 0 Å². The van der Waals surface area contributed by atoms with Crippen LogP contribution in [0, 0.1) is 0 Å². The van der Waals surface area contributed by atoms with Crippen molar-refractivity contribution in [1.82, 2.24) is 5.32 Å². The molecule has 0 aliphatic rings. The zero-order valence-electron chi connectivity index (χ0n) is 37.4. The monoisotopic (exact) mass is 848 g/mol. The minimum atomic E-state index is -4.75. The third-order valence-corrected chi connectivity index (χ3v) is 11.8. The number of aliphatic hydroxyl groups excluding tert-OH is 1. The van der Waals surface area contributed by atoms with E-state index in [4.69, 9.17) is 13.8 Å². The first-order valence-corrected chi connectivity index (χ1v) is 25.6. The number of ether oxygens (including phenoxy) is 1. The summed E-state index contributed by atoms with van der Waals surface area (Å²) in [7, 11) is -4.75. The Morgan fingerprint density at radius 2 is 0.793 bits per heavy atom. The summed E-state index contributed by atoms with van der Waals surface area (Å²) in [5.41, 5.74) is 0. The van der Waals surface area contributed by atoms with Gasteiger partial charge in [0.15, 0.2) is 6.04 Å². The summed E-state index contributed by atoms with van der Waals surface area (Å²) in [6, 6.07) is -1.54. The van der Waals surface area contributed by atoms with Crippen LogP contribution in [0.15, 0.2) is 0 Å². The Balaban J connectivity index is 3.82. The number of hydrogen-bond acceptors (Lipinski definition) is 8. The van der Waals surface area contributed by atoms with Gasteiger partial charge in [0.2, 0.25) is 5.91 Å². The lowest BCUT2D eigenvalue weighted by Gasteiger charge is -2.18. The molecular weight excluding hydrogens is 757 g/mol. The van der Waals surface area contributed by atoms with Crippen LogP contribution >= 0.6 is 7.82 Å². The summed E-state index contributed by atoms with van der Waals surface area (Å²) in [6.07, 6.45) is 41.2. The first-order valence-electron chi connectivity index (χ1n) is 24.1. The molecule has 0 aromatic heterocycles. The summed E-state index contributed by atoms with van der Waals surface area (Å²) < 4.78 is 26.9. The number of phosphoric acid groups is 1. The Hall–Kier alpha value is -1.52. The molecule has 0 spiro atoms. The molecule has 0 aliphatic carbocycles. The predicted molar refractivity (Wildman–Crippen MR) is 236 cm³/mol. The van der Waals surface area contributed by atoms with Gasteiger partial charge in [0, 0.05) is 12.8 Å². The number of phosphoric ester groups is 1. The SMILES string of the molecule is CCCCCCCCCCCCCCCCCCCCC(=O)NC(COP(=O)(O)OCC(O)COC(=O)CCCCCCCCCCCCCCCCCC)C(=O)O. The molecule has 0 aromatic carbocycles. The molecule has 1 amide bonds. The maximum absolute atomic E-state index is 12.3. The van der Waals surface area contributed by atoms with Crippen molar-refractivity contribution in [3.05, 3.63) is 0 Å². The molecule has 0 bridgehead atoms. The van der Waals surface area contributed by atoms with Crippen LogP contribution in [0.5, 0.6) is 0 Å². The van der Waals surface area contributed by atoms with Crippen LogP contribution in [0.3, 0.4) is 0 Å². The van der Waals surface area contributed by atoms with Gasteiger partial charge in [-0.25, -0.2) is 9.36 Å². The number of carbonyl (C=O) groups excluding carboxylic acids is 2. The lowest BCUT2D eigenvalue weighted by molar-refractivity contribution is -0.147. The fraction of sp³-hybridized carbons (Fsp3) is 0.935. The standard InChI is InChI=1S/C46H90NO10P/c1-3-5-7-9-11-13-15-17-19-21-22-23-25-27-29-31-33-35-37-44(49)47-43(46(51)52)41-57-58(53,54)56-40-42(48)39-55-45(50)38-36-34-32-30-28-26-24-20-18-16-14-12-10-8-6-4-2/h42-43,48H,3-41H2,1-2H3,(H,47,49)(H,51,52)(H,53,54). The second-order valence-corrected chi connectivity index (χ2v) is 18.1. The Bertz CT molecular complexity index is 1000. The van der Waals surface area contributed by atoms with Gasteiger partial charge in [0.05, 0.1) is 13.2 Å². The molecule has 3 unspecified atom stereocenters. The molecule has 0 rings (SSSR count). The first kappa shape index (κ1) is 56.5. The molecule has 344 valence electrons. The van der Waals surface area contributed by atoms with Gasteiger partial charge in [-0.3, -0.25) is 18.6 Å². The highest BCUT2D eigenvalue weighted by Gasteiger charge is 2.28. The van der Waals surface area contributed by atoms with Gasteiger partial charge in [-0.2, -0.15) is 0 Å². The summed E-state index contributed by atoms with van der Waals surface area (Å²) in [6.45, 7) is 2.64. The number of amides is 1. The van der Waals surface area contributed by atoms with E-state index in [1.165, 1.54) is 167 Å². The van der Waals surface area contributed by atoms with Gasteiger partial charge < -0.3 is 25.2 Å². The molecular formula is C46H90NO10P. The first-order chi connectivity index (χ1) is 28.1. The van der Waals surface area contributed by atoms with E-state index < -0.39 is 57.6 Å². The minimum Gasteiger partial charge on any atom is -0.480 e. The van der Waals surface area contributed by atoms with Crippen molar-refractivity contribution in [2.45, 2.75) is 257 Å². The smallest absolute Gasteiger partial charge is 0.472 e. The van der Waals surface area contributed by atoms with Crippen LogP contribution in [-0.2, 0) is 32.7 Å². The van der Waals surface area contributed by atoms with E-state index in [9.17, 15) is 34.1 Å². The van der Waals surface area contributed by atoms with Crippen LogP contribution in [0.2, 0.25) is 0 Å². The Labute approximate surface area is 354 Å². The lowest BCUT2D eigenvalue weighted by atomic mass is 10.0. The quantitative estimate of drug-likeness (QED) is 0.0263. The average molecular weight is 848 g/mol. The molecule has 0 aromatic rings. The van der Waals surface area contributed by atoms with E-state index in [2.05, 4.69) is 19.2 Å². The van der Waals surface area contributed by atoms with Crippen LogP contribution in [-0.4, -0.2) is 64.9 Å². The van der Waals surface area contributed by atoms with Crippen molar-refractivity contribution in [3.63, 3.8) is 0 Å². The Kier molecular flexibility index (Phi) is 41.1. The van der Waals surface area contributed by atoms with Gasteiger partial charge >= 0.3 is 19.8 Å².